The first-order valence-corrected chi connectivity index (χ1v) is 8.66. The number of carbonyl (C=O) groups excluding carboxylic acids is 1. The van der Waals surface area contributed by atoms with Crippen LogP contribution in [0.15, 0.2) is 48.8 Å². The normalized spacial score (nSPS) is 23.2. The quantitative estimate of drug-likeness (QED) is 0.869. The Morgan fingerprint density at radius 1 is 1.04 bits per heavy atom. The molecule has 2 unspecified atom stereocenters. The summed E-state index contributed by atoms with van der Waals surface area (Å²) in [5.41, 5.74) is 1.09. The number of carbonyl (C=O) groups is 1. The smallest absolute Gasteiger partial charge is 0.227 e. The van der Waals surface area contributed by atoms with Crippen LogP contribution in [0.1, 0.15) is 18.4 Å². The van der Waals surface area contributed by atoms with E-state index >= 15 is 0 Å². The number of aromatic nitrogens is 2. The summed E-state index contributed by atoms with van der Waals surface area (Å²) in [6.45, 7) is 2.70. The Kier molecular flexibility index (Phi) is 4.15. The first kappa shape index (κ1) is 15.1. The molecule has 24 heavy (non-hydrogen) atoms. The van der Waals surface area contributed by atoms with Crippen LogP contribution in [-0.2, 0) is 11.2 Å². The van der Waals surface area contributed by atoms with E-state index in [1.807, 2.05) is 36.4 Å². The van der Waals surface area contributed by atoms with Crippen molar-refractivity contribution in [1.82, 2.24) is 14.9 Å². The summed E-state index contributed by atoms with van der Waals surface area (Å²) < 4.78 is 0. The zero-order valence-electron chi connectivity index (χ0n) is 13.7. The highest BCUT2D eigenvalue weighted by Crippen LogP contribution is 2.33. The second-order valence-electron chi connectivity index (χ2n) is 6.65. The molecule has 2 aliphatic rings. The minimum atomic E-state index is 0.240. The average molecular weight is 322 g/mol. The zero-order valence-corrected chi connectivity index (χ0v) is 13.7. The van der Waals surface area contributed by atoms with Crippen LogP contribution >= 0.6 is 0 Å². The van der Waals surface area contributed by atoms with Crippen LogP contribution in [0.5, 0.6) is 0 Å². The molecule has 0 bridgehead atoms. The van der Waals surface area contributed by atoms with Crippen LogP contribution in [0, 0.1) is 5.92 Å². The highest BCUT2D eigenvalue weighted by molar-refractivity contribution is 5.79. The summed E-state index contributed by atoms with van der Waals surface area (Å²) in [6, 6.07) is 12.1. The zero-order chi connectivity index (χ0) is 16.4. The molecular formula is C19H22N4O. The van der Waals surface area contributed by atoms with E-state index in [-0.39, 0.29) is 5.91 Å². The van der Waals surface area contributed by atoms with Crippen molar-refractivity contribution >= 4 is 11.9 Å². The van der Waals surface area contributed by atoms with E-state index in [2.05, 4.69) is 19.8 Å². The minimum absolute atomic E-state index is 0.240. The Bertz CT molecular complexity index is 691. The van der Waals surface area contributed by atoms with E-state index in [9.17, 15) is 4.79 Å². The van der Waals surface area contributed by atoms with Crippen LogP contribution in [0.3, 0.4) is 0 Å². The van der Waals surface area contributed by atoms with E-state index in [0.29, 0.717) is 18.4 Å². The van der Waals surface area contributed by atoms with Crippen molar-refractivity contribution in [3.05, 3.63) is 54.4 Å². The van der Waals surface area contributed by atoms with Crippen LogP contribution in [0.25, 0.3) is 0 Å². The third-order valence-corrected chi connectivity index (χ3v) is 5.22. The molecule has 0 spiro atoms. The first-order valence-electron chi connectivity index (χ1n) is 8.66. The van der Waals surface area contributed by atoms with Gasteiger partial charge in [-0.2, -0.15) is 0 Å². The van der Waals surface area contributed by atoms with Crippen LogP contribution in [-0.4, -0.2) is 46.5 Å². The van der Waals surface area contributed by atoms with E-state index in [0.717, 1.165) is 44.0 Å². The van der Waals surface area contributed by atoms with Gasteiger partial charge in [0.2, 0.25) is 11.9 Å². The summed E-state index contributed by atoms with van der Waals surface area (Å²) >= 11 is 0. The van der Waals surface area contributed by atoms with Crippen LogP contribution in [0.4, 0.5) is 5.95 Å². The molecule has 2 fully saturated rings. The lowest BCUT2D eigenvalue weighted by atomic mass is 9.92. The number of piperidine rings is 1. The number of nitrogens with zero attached hydrogens (tertiary/aromatic N) is 4. The van der Waals surface area contributed by atoms with Gasteiger partial charge in [-0.3, -0.25) is 4.79 Å². The molecule has 2 aromatic rings. The van der Waals surface area contributed by atoms with Gasteiger partial charge in [0.1, 0.15) is 0 Å². The number of fused-ring (bicyclic) bond motifs is 1. The Labute approximate surface area is 142 Å². The van der Waals surface area contributed by atoms with E-state index < -0.39 is 0 Å². The van der Waals surface area contributed by atoms with Gasteiger partial charge >= 0.3 is 0 Å². The van der Waals surface area contributed by atoms with Gasteiger partial charge < -0.3 is 9.80 Å². The molecule has 1 aromatic heterocycles. The minimum Gasteiger partial charge on any atom is -0.339 e. The molecule has 2 saturated heterocycles. The molecule has 2 aliphatic heterocycles. The van der Waals surface area contributed by atoms with Crippen molar-refractivity contribution in [1.29, 1.82) is 0 Å². The molecule has 3 heterocycles. The lowest BCUT2D eigenvalue weighted by Crippen LogP contribution is -2.50. The molecule has 1 amide bonds. The number of amides is 1. The van der Waals surface area contributed by atoms with Crippen LogP contribution in [0.2, 0.25) is 0 Å². The van der Waals surface area contributed by atoms with Crippen molar-refractivity contribution in [2.24, 2.45) is 5.92 Å². The molecule has 1 aromatic carbocycles. The third-order valence-electron chi connectivity index (χ3n) is 5.22. The summed E-state index contributed by atoms with van der Waals surface area (Å²) in [4.78, 5) is 25.8. The first-order chi connectivity index (χ1) is 11.8. The highest BCUT2D eigenvalue weighted by Gasteiger charge is 2.40. The predicted octanol–water partition coefficient (Wildman–Crippen LogP) is 2.15. The van der Waals surface area contributed by atoms with Gasteiger partial charge in [-0.1, -0.05) is 30.3 Å². The van der Waals surface area contributed by atoms with Gasteiger partial charge in [-0.15, -0.1) is 0 Å². The Balaban J connectivity index is 1.46. The predicted molar refractivity (Wildman–Crippen MR) is 92.6 cm³/mol. The number of likely N-dealkylation sites (tertiary alicyclic amines) is 1. The molecule has 4 rings (SSSR count). The van der Waals surface area contributed by atoms with E-state index in [1.165, 1.54) is 0 Å². The molecule has 0 aliphatic carbocycles. The number of rotatable bonds is 3. The van der Waals surface area contributed by atoms with Crippen molar-refractivity contribution < 1.29 is 4.79 Å². The average Bonchev–Trinajstić information content (AvgIpc) is 3.06. The Hall–Kier alpha value is -2.43. The molecule has 5 heteroatoms. The summed E-state index contributed by atoms with van der Waals surface area (Å²) in [5.74, 6) is 1.63. The summed E-state index contributed by atoms with van der Waals surface area (Å²) in [7, 11) is 0. The lowest BCUT2D eigenvalue weighted by Gasteiger charge is -2.38. The fraction of sp³-hybridized carbons (Fsp3) is 0.421. The molecule has 124 valence electrons. The van der Waals surface area contributed by atoms with Crippen molar-refractivity contribution in [2.75, 3.05) is 24.5 Å². The van der Waals surface area contributed by atoms with Crippen molar-refractivity contribution in [2.45, 2.75) is 25.3 Å². The van der Waals surface area contributed by atoms with Gasteiger partial charge in [-0.05, 0) is 30.4 Å². The molecule has 5 nitrogen and oxygen atoms in total. The molecule has 0 saturated carbocycles. The van der Waals surface area contributed by atoms with Crippen molar-refractivity contribution in [3.8, 4) is 0 Å². The molecule has 2 atom stereocenters. The van der Waals surface area contributed by atoms with Crippen molar-refractivity contribution in [3.63, 3.8) is 0 Å². The highest BCUT2D eigenvalue weighted by atomic mass is 16.2. The van der Waals surface area contributed by atoms with Gasteiger partial charge in [0.05, 0.1) is 12.5 Å². The van der Waals surface area contributed by atoms with Gasteiger partial charge in [0, 0.05) is 32.0 Å². The Morgan fingerprint density at radius 2 is 1.79 bits per heavy atom. The maximum atomic E-state index is 12.8. The number of hydrogen-bond donors (Lipinski definition) is 0. The molecule has 0 radical (unpaired) electrons. The van der Waals surface area contributed by atoms with Gasteiger partial charge in [0.25, 0.3) is 0 Å². The Morgan fingerprint density at radius 3 is 2.58 bits per heavy atom. The fourth-order valence-corrected chi connectivity index (χ4v) is 3.96. The second kappa shape index (κ2) is 6.59. The van der Waals surface area contributed by atoms with Gasteiger partial charge in [-0.25, -0.2) is 9.97 Å². The standard InChI is InChI=1S/C19H22N4O/c24-18(13-15-5-2-1-3-6-15)23-12-8-16-7-11-22(14-17(16)23)19-20-9-4-10-21-19/h1-6,9-10,16-17H,7-8,11-14H2. The van der Waals surface area contributed by atoms with Gasteiger partial charge in [0.15, 0.2) is 0 Å². The molecule has 0 N–H and O–H groups in total. The lowest BCUT2D eigenvalue weighted by molar-refractivity contribution is -0.131. The van der Waals surface area contributed by atoms with E-state index in [4.69, 9.17) is 0 Å². The number of anilines is 1. The number of hydrogen-bond acceptors (Lipinski definition) is 4. The SMILES string of the molecule is O=C(Cc1ccccc1)N1CCC2CCN(c3ncccn3)CC21. The molecular weight excluding hydrogens is 300 g/mol. The maximum absolute atomic E-state index is 12.8. The largest absolute Gasteiger partial charge is 0.339 e. The summed E-state index contributed by atoms with van der Waals surface area (Å²) in [6.07, 6.45) is 6.28. The third kappa shape index (κ3) is 2.98. The monoisotopic (exact) mass is 322 g/mol. The fourth-order valence-electron chi connectivity index (χ4n) is 3.96. The number of benzene rings is 1. The topological polar surface area (TPSA) is 49.3 Å². The van der Waals surface area contributed by atoms with Crippen LogP contribution < -0.4 is 4.90 Å². The maximum Gasteiger partial charge on any atom is 0.227 e. The summed E-state index contributed by atoms with van der Waals surface area (Å²) in [5, 5.41) is 0. The van der Waals surface area contributed by atoms with E-state index in [1.54, 1.807) is 12.4 Å². The second-order valence-corrected chi connectivity index (χ2v) is 6.65.